The molecule has 9 heteroatoms. The number of hydrogen-bond acceptors (Lipinski definition) is 2. The highest BCUT2D eigenvalue weighted by Gasteiger charge is 2.26. The van der Waals surface area contributed by atoms with Crippen molar-refractivity contribution in [2.45, 2.75) is 0 Å². The van der Waals surface area contributed by atoms with E-state index in [4.69, 9.17) is 5.26 Å². The van der Waals surface area contributed by atoms with Crippen LogP contribution in [0.1, 0.15) is 11.1 Å². The molecule has 0 amide bonds. The van der Waals surface area contributed by atoms with Gasteiger partial charge in [-0.3, -0.25) is 0 Å². The zero-order valence-electron chi connectivity index (χ0n) is 20.9. The summed E-state index contributed by atoms with van der Waals surface area (Å²) in [7, 11) is 0. The molecule has 0 unspecified atom stereocenters. The summed E-state index contributed by atoms with van der Waals surface area (Å²) < 4.78 is 80.6. The van der Waals surface area contributed by atoms with Crippen molar-refractivity contribution in [1.82, 2.24) is 0 Å². The van der Waals surface area contributed by atoms with E-state index in [1.165, 1.54) is 6.07 Å². The van der Waals surface area contributed by atoms with E-state index in [0.717, 1.165) is 4.47 Å². The van der Waals surface area contributed by atoms with E-state index >= 15 is 0 Å². The minimum absolute atomic E-state index is 0.223. The molecule has 0 heterocycles. The highest BCUT2D eigenvalue weighted by atomic mass is 79.9. The predicted molar refractivity (Wildman–Crippen MR) is 147 cm³/mol. The van der Waals surface area contributed by atoms with Gasteiger partial charge < -0.3 is 0 Å². The normalized spacial score (nSPS) is 9.78. The van der Waals surface area contributed by atoms with Crippen LogP contribution in [0.15, 0.2) is 108 Å². The fraction of sp³-hybridized carbons (Fsp3) is 0. The van der Waals surface area contributed by atoms with E-state index in [9.17, 15) is 31.6 Å². The van der Waals surface area contributed by atoms with E-state index in [1.54, 1.807) is 60.7 Å². The van der Waals surface area contributed by atoms with Crippen LogP contribution in [0, 0.1) is 57.6 Å². The summed E-state index contributed by atoms with van der Waals surface area (Å²) in [6.45, 7) is 0. The Kier molecular flexibility index (Phi) is 10.9. The molecule has 5 aromatic rings. The van der Waals surface area contributed by atoms with Gasteiger partial charge in [0.15, 0.2) is 34.9 Å². The maximum Gasteiger partial charge on any atom is 0.195 e. The van der Waals surface area contributed by atoms with Crippen LogP contribution in [0.2, 0.25) is 0 Å². The van der Waals surface area contributed by atoms with Gasteiger partial charge in [0.2, 0.25) is 0 Å². The monoisotopic (exact) mass is 622 g/mol. The fourth-order valence-electron chi connectivity index (χ4n) is 3.56. The third-order valence-electron chi connectivity index (χ3n) is 5.41. The van der Waals surface area contributed by atoms with E-state index in [0.29, 0.717) is 23.3 Å². The van der Waals surface area contributed by atoms with Crippen molar-refractivity contribution in [3.05, 3.63) is 154 Å². The van der Waals surface area contributed by atoms with Gasteiger partial charge in [0.05, 0.1) is 17.2 Å². The number of hydrogen-bond donors (Lipinski definition) is 0. The molecule has 41 heavy (non-hydrogen) atoms. The lowest BCUT2D eigenvalue weighted by atomic mass is 9.91. The Bertz CT molecular complexity index is 1630. The van der Waals surface area contributed by atoms with Crippen molar-refractivity contribution in [3.63, 3.8) is 0 Å². The summed E-state index contributed by atoms with van der Waals surface area (Å²) in [4.78, 5) is 0. The van der Waals surface area contributed by atoms with Gasteiger partial charge in [0.1, 0.15) is 6.07 Å². The molecule has 0 saturated heterocycles. The third-order valence-corrected chi connectivity index (χ3v) is 5.94. The van der Waals surface area contributed by atoms with E-state index in [1.807, 2.05) is 36.4 Å². The number of nitrogens with zero attached hydrogens (tertiary/aromatic N) is 2. The third kappa shape index (κ3) is 7.63. The van der Waals surface area contributed by atoms with Crippen LogP contribution in [0.25, 0.3) is 22.3 Å². The van der Waals surface area contributed by atoms with Crippen LogP contribution in [0.5, 0.6) is 0 Å². The topological polar surface area (TPSA) is 47.6 Å². The average Bonchev–Trinajstić information content (AvgIpc) is 3.00. The lowest BCUT2D eigenvalue weighted by Gasteiger charge is -2.13. The van der Waals surface area contributed by atoms with Gasteiger partial charge in [-0.2, -0.15) is 10.5 Å². The Morgan fingerprint density at radius 3 is 1.20 bits per heavy atom. The van der Waals surface area contributed by atoms with Gasteiger partial charge >= 0.3 is 0 Å². The molecular formula is C32H17BrF6N2. The molecule has 5 aromatic carbocycles. The van der Waals surface area contributed by atoms with Crippen LogP contribution >= 0.6 is 15.9 Å². The van der Waals surface area contributed by atoms with E-state index in [-0.39, 0.29) is 22.3 Å². The van der Waals surface area contributed by atoms with Crippen LogP contribution in [-0.4, -0.2) is 0 Å². The van der Waals surface area contributed by atoms with Gasteiger partial charge in [0, 0.05) is 15.6 Å². The Morgan fingerprint density at radius 2 is 0.878 bits per heavy atom. The maximum absolute atomic E-state index is 14.3. The van der Waals surface area contributed by atoms with Crippen molar-refractivity contribution >= 4 is 15.9 Å². The summed E-state index contributed by atoms with van der Waals surface area (Å²) >= 11 is 3.31. The molecule has 0 aliphatic heterocycles. The van der Waals surface area contributed by atoms with E-state index in [2.05, 4.69) is 15.9 Å². The lowest BCUT2D eigenvalue weighted by Crippen LogP contribution is -2.03. The van der Waals surface area contributed by atoms with Gasteiger partial charge in [-0.05, 0) is 35.4 Å². The molecule has 0 bridgehead atoms. The zero-order chi connectivity index (χ0) is 29.9. The average molecular weight is 623 g/mol. The Balaban J connectivity index is 0.000000211. The summed E-state index contributed by atoms with van der Waals surface area (Å²) in [5, 5.41) is 17.6. The van der Waals surface area contributed by atoms with Crippen molar-refractivity contribution < 1.29 is 26.3 Å². The number of nitriles is 2. The second-order valence-corrected chi connectivity index (χ2v) is 8.99. The summed E-state index contributed by atoms with van der Waals surface area (Å²) in [6.07, 6.45) is 0. The highest BCUT2D eigenvalue weighted by molar-refractivity contribution is 9.10. The van der Waals surface area contributed by atoms with Crippen molar-refractivity contribution in [3.8, 4) is 34.4 Å². The molecule has 204 valence electrons. The first-order valence-electron chi connectivity index (χ1n) is 11.7. The van der Waals surface area contributed by atoms with Gasteiger partial charge in [-0.1, -0.05) is 94.8 Å². The smallest absolute Gasteiger partial charge is 0.195 e. The number of rotatable bonds is 2. The van der Waals surface area contributed by atoms with Crippen molar-refractivity contribution in [1.29, 1.82) is 10.5 Å². The molecule has 2 nitrogen and oxygen atoms in total. The minimum Gasteiger partial charge on any atom is -0.204 e. The molecule has 0 fully saturated rings. The molecule has 0 radical (unpaired) electrons. The lowest BCUT2D eigenvalue weighted by molar-refractivity contribution is 0.446. The van der Waals surface area contributed by atoms with Gasteiger partial charge in [0.25, 0.3) is 0 Å². The second kappa shape index (κ2) is 14.5. The van der Waals surface area contributed by atoms with Gasteiger partial charge in [-0.15, -0.1) is 0 Å². The van der Waals surface area contributed by atoms with Crippen LogP contribution < -0.4 is 0 Å². The highest BCUT2D eigenvalue weighted by Crippen LogP contribution is 2.38. The van der Waals surface area contributed by atoms with Gasteiger partial charge in [-0.25, -0.2) is 26.3 Å². The largest absolute Gasteiger partial charge is 0.204 e. The van der Waals surface area contributed by atoms with Crippen molar-refractivity contribution in [2.24, 2.45) is 0 Å². The molecule has 0 atom stereocenters. The Hall–Kier alpha value is -4.86. The summed E-state index contributed by atoms with van der Waals surface area (Å²) in [6, 6.07) is 30.7. The molecule has 0 aromatic heterocycles. The standard InChI is InChI=1S/C19H10F3N.C7H2F3N.C6H5Br/c20-17-15(12-7-3-1-4-8-12)14(11-23)16(18(21)19(17)22)13-9-5-2-6-10-13;8-5-1-4(3-11)2-6(9)7(5)10;7-6-4-2-1-3-5-6/h1-10H;1-2H;1-5H. The number of benzene rings is 5. The van der Waals surface area contributed by atoms with Crippen molar-refractivity contribution in [2.75, 3.05) is 0 Å². The van der Waals surface area contributed by atoms with Crippen LogP contribution in [0.4, 0.5) is 26.3 Å². The van der Waals surface area contributed by atoms with Crippen LogP contribution in [-0.2, 0) is 0 Å². The number of halogens is 7. The Labute approximate surface area is 240 Å². The van der Waals surface area contributed by atoms with E-state index < -0.39 is 34.9 Å². The molecular weight excluding hydrogens is 606 g/mol. The molecule has 0 spiro atoms. The molecule has 5 rings (SSSR count). The Morgan fingerprint density at radius 1 is 0.488 bits per heavy atom. The fourth-order valence-corrected chi connectivity index (χ4v) is 3.86. The molecule has 0 aliphatic rings. The molecule has 0 saturated carbocycles. The maximum atomic E-state index is 14.3. The first-order valence-corrected chi connectivity index (χ1v) is 12.4. The SMILES string of the molecule is Brc1ccccc1.N#Cc1c(-c2ccccc2)c(F)c(F)c(F)c1-c1ccccc1.N#Cc1cc(F)c(F)c(F)c1. The second-order valence-electron chi connectivity index (χ2n) is 8.07. The minimum atomic E-state index is -1.58. The van der Waals surface area contributed by atoms with Crippen LogP contribution in [0.3, 0.4) is 0 Å². The molecule has 0 aliphatic carbocycles. The first-order chi connectivity index (χ1) is 19.7. The quantitative estimate of drug-likeness (QED) is 0.145. The zero-order valence-corrected chi connectivity index (χ0v) is 22.4. The molecule has 0 N–H and O–H groups in total. The first kappa shape index (κ1) is 30.7. The summed E-state index contributed by atoms with van der Waals surface area (Å²) in [5.74, 6) is -8.54. The predicted octanol–water partition coefficient (Wildman–Crippen LogP) is 9.73. The summed E-state index contributed by atoms with van der Waals surface area (Å²) in [5.41, 5.74) is -0.285.